The molecule has 1 amide bonds. The maximum atomic E-state index is 13.0. The fourth-order valence-electron chi connectivity index (χ4n) is 7.07. The molecule has 3 aliphatic rings. The molecule has 46 heavy (non-hydrogen) atoms. The second-order valence-corrected chi connectivity index (χ2v) is 12.5. The molecule has 0 aromatic heterocycles. The van der Waals surface area contributed by atoms with Gasteiger partial charge in [0.1, 0.15) is 0 Å². The number of fused-ring (bicyclic) bond motifs is 4. The van der Waals surface area contributed by atoms with Crippen LogP contribution in [0.3, 0.4) is 0 Å². The van der Waals surface area contributed by atoms with Crippen LogP contribution in [0.15, 0.2) is 108 Å². The molecule has 4 aromatic rings. The van der Waals surface area contributed by atoms with Crippen LogP contribution in [0.2, 0.25) is 0 Å². The van der Waals surface area contributed by atoms with Gasteiger partial charge in [0, 0.05) is 36.8 Å². The summed E-state index contributed by atoms with van der Waals surface area (Å²) < 4.78 is 4.86. The van der Waals surface area contributed by atoms with E-state index in [0.29, 0.717) is 17.0 Å². The Hall–Kier alpha value is -5.01. The van der Waals surface area contributed by atoms with Gasteiger partial charge in [0.05, 0.1) is 24.4 Å². The van der Waals surface area contributed by atoms with Gasteiger partial charge < -0.3 is 10.1 Å². The van der Waals surface area contributed by atoms with Crippen LogP contribution in [0.5, 0.6) is 0 Å². The number of hydrogen-bond donors (Lipinski definition) is 2. The van der Waals surface area contributed by atoms with Crippen molar-refractivity contribution in [1.82, 2.24) is 10.3 Å². The zero-order chi connectivity index (χ0) is 31.6. The number of ether oxygens (including phenoxy) is 1. The predicted molar refractivity (Wildman–Crippen MR) is 181 cm³/mol. The van der Waals surface area contributed by atoms with Crippen LogP contribution in [-0.2, 0) is 24.2 Å². The Bertz CT molecular complexity index is 1830. The first-order valence-electron chi connectivity index (χ1n) is 16.0. The van der Waals surface area contributed by atoms with E-state index in [9.17, 15) is 9.59 Å². The largest absolute Gasteiger partial charge is 0.465 e. The molecule has 2 heterocycles. The van der Waals surface area contributed by atoms with Gasteiger partial charge in [0.25, 0.3) is 5.91 Å². The highest BCUT2D eigenvalue weighted by Crippen LogP contribution is 2.50. The summed E-state index contributed by atoms with van der Waals surface area (Å²) in [6.45, 7) is 4.78. The quantitative estimate of drug-likeness (QED) is 0.102. The van der Waals surface area contributed by atoms with Crippen molar-refractivity contribution in [3.05, 3.63) is 148 Å². The van der Waals surface area contributed by atoms with E-state index in [4.69, 9.17) is 4.74 Å². The Balaban J connectivity index is 0.999. The summed E-state index contributed by atoms with van der Waals surface area (Å²) in [5.41, 5.74) is 13.1. The number of rotatable bonds is 7. The van der Waals surface area contributed by atoms with E-state index in [2.05, 4.69) is 69.3 Å². The van der Waals surface area contributed by atoms with Gasteiger partial charge in [-0.2, -0.15) is 5.10 Å². The fourth-order valence-corrected chi connectivity index (χ4v) is 7.07. The molecule has 2 aliphatic heterocycles. The minimum Gasteiger partial charge on any atom is -0.465 e. The Labute approximate surface area is 270 Å². The van der Waals surface area contributed by atoms with Gasteiger partial charge in [-0.1, -0.05) is 66.7 Å². The zero-order valence-corrected chi connectivity index (χ0v) is 26.2. The third-order valence-corrected chi connectivity index (χ3v) is 9.63. The van der Waals surface area contributed by atoms with Crippen LogP contribution in [0, 0.1) is 5.92 Å². The number of amides is 1. The summed E-state index contributed by atoms with van der Waals surface area (Å²) in [6.07, 6.45) is 6.60. The number of hydrazone groups is 1. The minimum absolute atomic E-state index is 0.127. The highest BCUT2D eigenvalue weighted by atomic mass is 16.5. The highest BCUT2D eigenvalue weighted by molar-refractivity contribution is 6.01. The molecule has 0 unspecified atom stereocenters. The summed E-state index contributed by atoms with van der Waals surface area (Å²) in [5.74, 6) is 0.0690. The first-order valence-corrected chi connectivity index (χ1v) is 16.0. The summed E-state index contributed by atoms with van der Waals surface area (Å²) in [6, 6.07) is 30.6. The van der Waals surface area contributed by atoms with Crippen LogP contribution in [-0.4, -0.2) is 36.1 Å². The van der Waals surface area contributed by atoms with Gasteiger partial charge >= 0.3 is 5.97 Å². The molecule has 0 fully saturated rings. The number of nitrogens with one attached hydrogen (secondary N) is 2. The molecule has 0 saturated heterocycles. The van der Waals surface area contributed by atoms with Gasteiger partial charge in [0.2, 0.25) is 0 Å². The molecule has 7 nitrogen and oxygen atoms in total. The van der Waals surface area contributed by atoms with Crippen molar-refractivity contribution in [3.8, 4) is 0 Å². The lowest BCUT2D eigenvalue weighted by Crippen LogP contribution is -2.30. The lowest BCUT2D eigenvalue weighted by Gasteiger charge is -2.37. The molecular weight excluding hydrogens is 572 g/mol. The standard InChI is InChI=1S/C39H38N4O3/c1-25(41-42-38(44)29-12-10-26(11-13-29)23-43-21-20-27-6-3-4-7-32(27)24-43)31-18-19-36-35(22-31)33-8-5-9-34(33)37(40-36)28-14-16-30(17-15-28)39(45)46-2/h3-8,10-19,22,33-34,37,40H,9,20-21,23-24H2,1-2H3,(H,42,44)/b41-25-/t33-,34+,37+/m1/s1. The normalized spacial score (nSPS) is 20.2. The topological polar surface area (TPSA) is 83.0 Å². The summed E-state index contributed by atoms with van der Waals surface area (Å²) in [7, 11) is 1.40. The molecule has 1 aliphatic carbocycles. The maximum Gasteiger partial charge on any atom is 0.337 e. The van der Waals surface area contributed by atoms with E-state index in [0.717, 1.165) is 55.0 Å². The first kappa shape index (κ1) is 29.7. The van der Waals surface area contributed by atoms with Crippen LogP contribution in [0.25, 0.3) is 0 Å². The summed E-state index contributed by atoms with van der Waals surface area (Å²) in [5, 5.41) is 8.22. The second-order valence-electron chi connectivity index (χ2n) is 12.5. The van der Waals surface area contributed by atoms with Crippen molar-refractivity contribution < 1.29 is 14.3 Å². The predicted octanol–water partition coefficient (Wildman–Crippen LogP) is 7.01. The number of carbonyl (C=O) groups excluding carboxylic acids is 2. The number of esters is 1. The van der Waals surface area contributed by atoms with E-state index < -0.39 is 0 Å². The number of hydrogen-bond acceptors (Lipinski definition) is 6. The van der Waals surface area contributed by atoms with Gasteiger partial charge in [-0.15, -0.1) is 0 Å². The molecule has 0 saturated carbocycles. The average molecular weight is 611 g/mol. The SMILES string of the molecule is COC(=O)c1ccc([C@@H]2Nc3ccc(/C(C)=N\NC(=O)c4ccc(CN5CCc6ccccc6C5)cc4)cc3[C@@H]3C=CC[C@@H]32)cc1. The van der Waals surface area contributed by atoms with E-state index in [-0.39, 0.29) is 23.8 Å². The maximum absolute atomic E-state index is 13.0. The number of nitrogens with zero attached hydrogens (tertiary/aromatic N) is 2. The second kappa shape index (κ2) is 12.8. The molecule has 2 N–H and O–H groups in total. The van der Waals surface area contributed by atoms with Crippen molar-refractivity contribution in [2.24, 2.45) is 11.0 Å². The van der Waals surface area contributed by atoms with Crippen molar-refractivity contribution in [2.45, 2.75) is 44.8 Å². The lowest BCUT2D eigenvalue weighted by molar-refractivity contribution is 0.0600. The molecular formula is C39H38N4O3. The van der Waals surface area contributed by atoms with Crippen LogP contribution in [0.1, 0.15) is 79.4 Å². The molecule has 7 rings (SSSR count). The number of methoxy groups -OCH3 is 1. The number of benzene rings is 4. The Kier molecular flexibility index (Phi) is 8.24. The van der Waals surface area contributed by atoms with Crippen molar-refractivity contribution in [1.29, 1.82) is 0 Å². The Morgan fingerprint density at radius 3 is 2.46 bits per heavy atom. The van der Waals surface area contributed by atoms with Crippen molar-refractivity contribution in [3.63, 3.8) is 0 Å². The molecule has 232 valence electrons. The summed E-state index contributed by atoms with van der Waals surface area (Å²) >= 11 is 0. The average Bonchev–Trinajstić information content (AvgIpc) is 3.60. The molecule has 3 atom stereocenters. The van der Waals surface area contributed by atoms with Gasteiger partial charge in [-0.05, 0) is 95.5 Å². The number of carbonyl (C=O) groups is 2. The Morgan fingerprint density at radius 2 is 1.67 bits per heavy atom. The van der Waals surface area contributed by atoms with E-state index in [1.54, 1.807) is 0 Å². The molecule has 7 heteroatoms. The van der Waals surface area contributed by atoms with Crippen molar-refractivity contribution in [2.75, 3.05) is 19.0 Å². The Morgan fingerprint density at radius 1 is 0.935 bits per heavy atom. The van der Waals surface area contributed by atoms with Gasteiger partial charge in [-0.25, -0.2) is 10.2 Å². The van der Waals surface area contributed by atoms with E-state index in [1.807, 2.05) is 61.5 Å². The van der Waals surface area contributed by atoms with Crippen LogP contribution in [0.4, 0.5) is 5.69 Å². The fraction of sp³-hybridized carbons (Fsp3) is 0.256. The van der Waals surface area contributed by atoms with Gasteiger partial charge in [0.15, 0.2) is 0 Å². The summed E-state index contributed by atoms with van der Waals surface area (Å²) in [4.78, 5) is 27.3. The van der Waals surface area contributed by atoms with Crippen LogP contribution < -0.4 is 10.7 Å². The molecule has 4 aromatic carbocycles. The smallest absolute Gasteiger partial charge is 0.337 e. The van der Waals surface area contributed by atoms with E-state index >= 15 is 0 Å². The zero-order valence-electron chi connectivity index (χ0n) is 26.2. The first-order chi connectivity index (χ1) is 22.5. The third-order valence-electron chi connectivity index (χ3n) is 9.63. The van der Waals surface area contributed by atoms with Gasteiger partial charge in [-0.3, -0.25) is 9.69 Å². The van der Waals surface area contributed by atoms with E-state index in [1.165, 1.54) is 29.4 Å². The molecule has 0 bridgehead atoms. The van der Waals surface area contributed by atoms with Crippen molar-refractivity contribution >= 4 is 23.3 Å². The lowest BCUT2D eigenvalue weighted by atomic mass is 9.76. The molecule has 0 radical (unpaired) electrons. The monoisotopic (exact) mass is 610 g/mol. The highest BCUT2D eigenvalue weighted by Gasteiger charge is 2.38. The molecule has 0 spiro atoms. The number of allylic oxidation sites excluding steroid dienone is 2. The van der Waals surface area contributed by atoms with Crippen LogP contribution >= 0.6 is 0 Å². The number of anilines is 1. The minimum atomic E-state index is -0.331. The third kappa shape index (κ3) is 5.98.